The Labute approximate surface area is 156 Å². The minimum atomic E-state index is -0.0522. The van der Waals surface area contributed by atoms with Crippen molar-refractivity contribution in [2.45, 2.75) is 31.7 Å². The fourth-order valence-corrected chi connectivity index (χ4v) is 3.17. The number of hydrogen-bond acceptors (Lipinski definition) is 6. The van der Waals surface area contributed by atoms with Gasteiger partial charge in [0.05, 0.1) is 6.54 Å². The van der Waals surface area contributed by atoms with Gasteiger partial charge in [-0.15, -0.1) is 0 Å². The molecule has 7 heteroatoms. The van der Waals surface area contributed by atoms with Crippen molar-refractivity contribution in [3.63, 3.8) is 0 Å². The second-order valence-corrected chi connectivity index (χ2v) is 6.76. The average Bonchev–Trinajstić information content (AvgIpc) is 3.43. The highest BCUT2D eigenvalue weighted by Gasteiger charge is 2.33. The van der Waals surface area contributed by atoms with E-state index in [1.54, 1.807) is 36.7 Å². The molecule has 0 aliphatic heterocycles. The van der Waals surface area contributed by atoms with Gasteiger partial charge < -0.3 is 14.9 Å². The first-order valence-electron chi connectivity index (χ1n) is 8.97. The first-order valence-corrected chi connectivity index (χ1v) is 8.97. The minimum absolute atomic E-state index is 0.0522. The zero-order chi connectivity index (χ0) is 18.6. The first-order chi connectivity index (χ1) is 13.2. The van der Waals surface area contributed by atoms with Gasteiger partial charge in [0.15, 0.2) is 0 Å². The number of benzene rings is 1. The Morgan fingerprint density at radius 2 is 1.93 bits per heavy atom. The molecule has 0 bridgehead atoms. The lowest BCUT2D eigenvalue weighted by atomic mass is 9.90. The molecule has 2 aromatic heterocycles. The Morgan fingerprint density at radius 3 is 2.63 bits per heavy atom. The van der Waals surface area contributed by atoms with E-state index in [1.807, 2.05) is 12.1 Å². The van der Waals surface area contributed by atoms with Crippen molar-refractivity contribution >= 4 is 5.91 Å². The van der Waals surface area contributed by atoms with E-state index >= 15 is 0 Å². The quantitative estimate of drug-likeness (QED) is 0.668. The van der Waals surface area contributed by atoms with Crippen molar-refractivity contribution in [2.75, 3.05) is 0 Å². The maximum atomic E-state index is 12.4. The smallest absolute Gasteiger partial charge is 0.246 e. The van der Waals surface area contributed by atoms with Crippen LogP contribution in [0, 0.1) is 5.92 Å². The van der Waals surface area contributed by atoms with Gasteiger partial charge in [-0.3, -0.25) is 9.78 Å². The topological polar surface area (TPSA) is 101 Å². The average molecular weight is 364 g/mol. The second-order valence-electron chi connectivity index (χ2n) is 6.76. The van der Waals surface area contributed by atoms with Crippen LogP contribution < -0.4 is 5.32 Å². The molecule has 2 N–H and O–H groups in total. The summed E-state index contributed by atoms with van der Waals surface area (Å²) in [5.74, 6) is 1.72. The molecule has 1 amide bonds. The SMILES string of the molecule is O=C(CC(c1ccc(O)cc1)C1CC1)NCc1nc(-c2ccncc2)no1. The van der Waals surface area contributed by atoms with Crippen LogP contribution in [0.4, 0.5) is 0 Å². The minimum Gasteiger partial charge on any atom is -0.508 e. The Bertz CT molecular complexity index is 904. The van der Waals surface area contributed by atoms with Crippen molar-refractivity contribution in [1.82, 2.24) is 20.4 Å². The monoisotopic (exact) mass is 364 g/mol. The van der Waals surface area contributed by atoms with Crippen molar-refractivity contribution < 1.29 is 14.4 Å². The lowest BCUT2D eigenvalue weighted by Gasteiger charge is -2.16. The third kappa shape index (κ3) is 4.31. The maximum Gasteiger partial charge on any atom is 0.246 e. The number of phenols is 1. The molecule has 3 aromatic rings. The highest BCUT2D eigenvalue weighted by molar-refractivity contribution is 5.77. The Kier molecular flexibility index (Phi) is 4.82. The molecule has 2 heterocycles. The summed E-state index contributed by atoms with van der Waals surface area (Å²) in [6.45, 7) is 0.198. The van der Waals surface area contributed by atoms with E-state index in [0.717, 1.165) is 24.0 Å². The highest BCUT2D eigenvalue weighted by atomic mass is 16.5. The van der Waals surface area contributed by atoms with E-state index in [1.165, 1.54) is 0 Å². The Morgan fingerprint density at radius 1 is 1.19 bits per heavy atom. The Balaban J connectivity index is 1.35. The molecule has 138 valence electrons. The molecule has 1 unspecified atom stereocenters. The number of carbonyl (C=O) groups excluding carboxylic acids is 1. The normalized spacial score (nSPS) is 14.7. The summed E-state index contributed by atoms with van der Waals surface area (Å²) in [4.78, 5) is 20.7. The molecule has 1 aliphatic rings. The summed E-state index contributed by atoms with van der Waals surface area (Å²) < 4.78 is 5.21. The zero-order valence-corrected chi connectivity index (χ0v) is 14.7. The fraction of sp³-hybridized carbons (Fsp3) is 0.300. The Hall–Kier alpha value is -3.22. The molecule has 0 saturated heterocycles. The van der Waals surface area contributed by atoms with E-state index < -0.39 is 0 Å². The number of rotatable bonds is 7. The molecule has 7 nitrogen and oxygen atoms in total. The van der Waals surface area contributed by atoms with E-state index in [-0.39, 0.29) is 24.1 Å². The van der Waals surface area contributed by atoms with Crippen LogP contribution in [-0.4, -0.2) is 26.1 Å². The van der Waals surface area contributed by atoms with Crippen LogP contribution in [0.1, 0.15) is 36.6 Å². The number of nitrogens with zero attached hydrogens (tertiary/aromatic N) is 3. The van der Waals surface area contributed by atoms with Crippen LogP contribution in [0.25, 0.3) is 11.4 Å². The molecule has 0 spiro atoms. The lowest BCUT2D eigenvalue weighted by molar-refractivity contribution is -0.121. The standard InChI is InChI=1S/C20H20N4O3/c25-16-5-3-14(4-6-16)17(13-1-2-13)11-18(26)22-12-19-23-20(24-27-19)15-7-9-21-10-8-15/h3-10,13,17,25H,1-2,11-12H2,(H,22,26). The molecule has 27 heavy (non-hydrogen) atoms. The molecule has 1 aliphatic carbocycles. The number of amides is 1. The molecular formula is C20H20N4O3. The third-order valence-electron chi connectivity index (χ3n) is 4.76. The van der Waals surface area contributed by atoms with Gasteiger partial charge in [-0.2, -0.15) is 4.98 Å². The fourth-order valence-electron chi connectivity index (χ4n) is 3.17. The number of aromatic nitrogens is 3. The molecule has 1 saturated carbocycles. The number of carbonyl (C=O) groups is 1. The summed E-state index contributed by atoms with van der Waals surface area (Å²) in [6, 6.07) is 10.7. The van der Waals surface area contributed by atoms with Crippen LogP contribution in [0.2, 0.25) is 0 Å². The second kappa shape index (κ2) is 7.57. The van der Waals surface area contributed by atoms with Gasteiger partial charge in [-0.1, -0.05) is 17.3 Å². The number of hydrogen-bond donors (Lipinski definition) is 2. The molecule has 0 radical (unpaired) electrons. The predicted molar refractivity (Wildman–Crippen MR) is 97.6 cm³/mol. The number of phenolic OH excluding ortho intramolecular Hbond substituents is 1. The molecular weight excluding hydrogens is 344 g/mol. The van der Waals surface area contributed by atoms with E-state index in [4.69, 9.17) is 4.52 Å². The van der Waals surface area contributed by atoms with Crippen molar-refractivity contribution in [2.24, 2.45) is 5.92 Å². The largest absolute Gasteiger partial charge is 0.508 e. The van der Waals surface area contributed by atoms with Gasteiger partial charge in [0.1, 0.15) is 5.75 Å². The highest BCUT2D eigenvalue weighted by Crippen LogP contribution is 2.44. The number of aromatic hydroxyl groups is 1. The third-order valence-corrected chi connectivity index (χ3v) is 4.76. The molecule has 1 fully saturated rings. The van der Waals surface area contributed by atoms with Gasteiger partial charge in [0, 0.05) is 24.4 Å². The maximum absolute atomic E-state index is 12.4. The van der Waals surface area contributed by atoms with Gasteiger partial charge in [0.2, 0.25) is 17.6 Å². The van der Waals surface area contributed by atoms with E-state index in [9.17, 15) is 9.90 Å². The van der Waals surface area contributed by atoms with E-state index in [2.05, 4.69) is 20.4 Å². The number of nitrogens with one attached hydrogen (secondary N) is 1. The predicted octanol–water partition coefficient (Wildman–Crippen LogP) is 3.04. The van der Waals surface area contributed by atoms with Crippen molar-refractivity contribution in [3.05, 3.63) is 60.2 Å². The first kappa shape index (κ1) is 17.2. The summed E-state index contributed by atoms with van der Waals surface area (Å²) >= 11 is 0. The van der Waals surface area contributed by atoms with Crippen molar-refractivity contribution in [1.29, 1.82) is 0 Å². The van der Waals surface area contributed by atoms with Crippen LogP contribution in [0.3, 0.4) is 0 Å². The summed E-state index contributed by atoms with van der Waals surface area (Å²) in [5.41, 5.74) is 1.90. The van der Waals surface area contributed by atoms with Gasteiger partial charge in [0.25, 0.3) is 0 Å². The van der Waals surface area contributed by atoms with Crippen molar-refractivity contribution in [3.8, 4) is 17.1 Å². The van der Waals surface area contributed by atoms with Crippen LogP contribution in [-0.2, 0) is 11.3 Å². The molecule has 4 rings (SSSR count). The van der Waals surface area contributed by atoms with E-state index in [0.29, 0.717) is 24.1 Å². The van der Waals surface area contributed by atoms with Gasteiger partial charge >= 0.3 is 0 Å². The van der Waals surface area contributed by atoms with Crippen LogP contribution in [0.15, 0.2) is 53.3 Å². The van der Waals surface area contributed by atoms with Gasteiger partial charge in [-0.05, 0) is 54.5 Å². The van der Waals surface area contributed by atoms with Crippen LogP contribution in [0.5, 0.6) is 5.75 Å². The molecule has 1 atom stereocenters. The summed E-state index contributed by atoms with van der Waals surface area (Å²) in [6.07, 6.45) is 6.00. The summed E-state index contributed by atoms with van der Waals surface area (Å²) in [7, 11) is 0. The zero-order valence-electron chi connectivity index (χ0n) is 14.7. The molecule has 1 aromatic carbocycles. The van der Waals surface area contributed by atoms with Gasteiger partial charge in [-0.25, -0.2) is 0 Å². The van der Waals surface area contributed by atoms with Crippen LogP contribution >= 0.6 is 0 Å². The lowest BCUT2D eigenvalue weighted by Crippen LogP contribution is -2.25. The number of pyridine rings is 1. The summed E-state index contributed by atoms with van der Waals surface area (Å²) in [5, 5.41) is 16.3.